The predicted molar refractivity (Wildman–Crippen MR) is 77.6 cm³/mol. The van der Waals surface area contributed by atoms with Gasteiger partial charge in [-0.1, -0.05) is 0 Å². The van der Waals surface area contributed by atoms with E-state index >= 15 is 0 Å². The Morgan fingerprint density at radius 1 is 1.41 bits per heavy atom. The highest BCUT2D eigenvalue weighted by Crippen LogP contribution is 2.24. The molecule has 1 aromatic rings. The second kappa shape index (κ2) is 6.73. The number of carbonyl (C=O) groups excluding carboxylic acids is 1. The third-order valence-electron chi connectivity index (χ3n) is 4.55. The number of piperidine rings is 1. The Morgan fingerprint density at radius 2 is 2.09 bits per heavy atom. The molecule has 0 radical (unpaired) electrons. The smallest absolute Gasteiger partial charge is 0.333 e. The Kier molecular flexibility index (Phi) is 5.16. The van der Waals surface area contributed by atoms with Gasteiger partial charge in [0, 0.05) is 30.5 Å². The highest BCUT2D eigenvalue weighted by molar-refractivity contribution is 5.79. The van der Waals surface area contributed by atoms with Gasteiger partial charge in [0.25, 0.3) is 0 Å². The summed E-state index contributed by atoms with van der Waals surface area (Å²) in [5.41, 5.74) is 1.38. The van der Waals surface area contributed by atoms with Gasteiger partial charge in [-0.25, -0.2) is 4.68 Å². The van der Waals surface area contributed by atoms with E-state index < -0.39 is 6.55 Å². The summed E-state index contributed by atoms with van der Waals surface area (Å²) in [6.45, 7) is 3.08. The van der Waals surface area contributed by atoms with Crippen molar-refractivity contribution in [1.82, 2.24) is 14.7 Å². The lowest BCUT2D eigenvalue weighted by Gasteiger charge is -2.37. The van der Waals surface area contributed by atoms with Crippen molar-refractivity contribution in [2.45, 2.75) is 52.6 Å². The number of halogens is 2. The molecule has 0 aromatic carbocycles. The number of likely N-dealkylation sites (tertiary alicyclic amines) is 1. The summed E-state index contributed by atoms with van der Waals surface area (Å²) in [6.07, 6.45) is 1.83. The molecule has 5 nitrogen and oxygen atoms in total. The molecule has 7 heteroatoms. The Balaban J connectivity index is 2.15. The Morgan fingerprint density at radius 3 is 2.64 bits per heavy atom. The lowest BCUT2D eigenvalue weighted by atomic mass is 9.93. The van der Waals surface area contributed by atoms with E-state index in [2.05, 4.69) is 5.10 Å². The minimum atomic E-state index is -2.70. The zero-order chi connectivity index (χ0) is 16.4. The standard InChI is InChI=1S/C15H23F2N3O2/c1-9-4-5-12(8-21)7-19(9)14(22)6-13-10(2)18-20(11(13)3)15(16)17/h9,12,15,21H,4-8H2,1-3H3. The number of aliphatic hydroxyl groups excluding tert-OH is 1. The van der Waals surface area contributed by atoms with Gasteiger partial charge in [-0.15, -0.1) is 0 Å². The first-order chi connectivity index (χ1) is 10.3. The number of amides is 1. The van der Waals surface area contributed by atoms with Crippen LogP contribution in [0.25, 0.3) is 0 Å². The molecule has 2 rings (SSSR count). The largest absolute Gasteiger partial charge is 0.396 e. The molecular formula is C15H23F2N3O2. The number of aromatic nitrogens is 2. The molecule has 1 aliphatic heterocycles. The molecule has 1 saturated heterocycles. The average Bonchev–Trinajstić information content (AvgIpc) is 2.76. The van der Waals surface area contributed by atoms with Crippen molar-refractivity contribution in [3.05, 3.63) is 17.0 Å². The fraction of sp³-hybridized carbons (Fsp3) is 0.733. The van der Waals surface area contributed by atoms with E-state index in [0.717, 1.165) is 12.8 Å². The molecule has 1 N–H and O–H groups in total. The van der Waals surface area contributed by atoms with Crippen LogP contribution in [0.4, 0.5) is 8.78 Å². The maximum Gasteiger partial charge on any atom is 0.333 e. The molecule has 0 bridgehead atoms. The van der Waals surface area contributed by atoms with Crippen molar-refractivity contribution in [3.8, 4) is 0 Å². The van der Waals surface area contributed by atoms with Gasteiger partial charge in [0.05, 0.1) is 12.1 Å². The molecule has 1 amide bonds. The first-order valence-corrected chi connectivity index (χ1v) is 7.58. The number of hydrogen-bond donors (Lipinski definition) is 1. The third-order valence-corrected chi connectivity index (χ3v) is 4.55. The fourth-order valence-electron chi connectivity index (χ4n) is 3.07. The Bertz CT molecular complexity index is 545. The number of carbonyl (C=O) groups is 1. The molecule has 2 unspecified atom stereocenters. The van der Waals surface area contributed by atoms with E-state index in [-0.39, 0.29) is 30.9 Å². The van der Waals surface area contributed by atoms with Gasteiger partial charge >= 0.3 is 6.55 Å². The van der Waals surface area contributed by atoms with Crippen molar-refractivity contribution in [3.63, 3.8) is 0 Å². The molecule has 22 heavy (non-hydrogen) atoms. The molecule has 0 spiro atoms. The second-order valence-corrected chi connectivity index (χ2v) is 6.07. The van der Waals surface area contributed by atoms with E-state index in [4.69, 9.17) is 0 Å². The predicted octanol–water partition coefficient (Wildman–Crippen LogP) is 2.06. The van der Waals surface area contributed by atoms with Crippen LogP contribution in [-0.2, 0) is 11.2 Å². The molecule has 0 aliphatic carbocycles. The zero-order valence-electron chi connectivity index (χ0n) is 13.2. The van der Waals surface area contributed by atoms with Crippen LogP contribution in [0.1, 0.15) is 43.3 Å². The van der Waals surface area contributed by atoms with Crippen LogP contribution in [0.3, 0.4) is 0 Å². The second-order valence-electron chi connectivity index (χ2n) is 6.07. The topological polar surface area (TPSA) is 58.4 Å². The highest BCUT2D eigenvalue weighted by atomic mass is 19.3. The normalized spacial score (nSPS) is 22.4. The summed E-state index contributed by atoms with van der Waals surface area (Å²) in [6, 6.07) is 0.112. The monoisotopic (exact) mass is 315 g/mol. The minimum absolute atomic E-state index is 0.0673. The van der Waals surface area contributed by atoms with Gasteiger partial charge in [0.1, 0.15) is 0 Å². The lowest BCUT2D eigenvalue weighted by Crippen LogP contribution is -2.47. The summed E-state index contributed by atoms with van der Waals surface area (Å²) >= 11 is 0. The van der Waals surface area contributed by atoms with Crippen LogP contribution in [0, 0.1) is 19.8 Å². The van der Waals surface area contributed by atoms with Crippen LogP contribution >= 0.6 is 0 Å². The first kappa shape index (κ1) is 16.9. The zero-order valence-corrected chi connectivity index (χ0v) is 13.2. The summed E-state index contributed by atoms with van der Waals surface area (Å²) in [4.78, 5) is 14.3. The van der Waals surface area contributed by atoms with Crippen LogP contribution in [0.15, 0.2) is 0 Å². The Labute approximate surface area is 128 Å². The highest BCUT2D eigenvalue weighted by Gasteiger charge is 2.30. The minimum Gasteiger partial charge on any atom is -0.396 e. The van der Waals surface area contributed by atoms with E-state index in [1.54, 1.807) is 18.7 Å². The summed E-state index contributed by atoms with van der Waals surface area (Å²) in [5, 5.41) is 13.1. The number of aliphatic hydroxyl groups is 1. The Hall–Kier alpha value is -1.50. The van der Waals surface area contributed by atoms with E-state index in [1.807, 2.05) is 6.92 Å². The van der Waals surface area contributed by atoms with Gasteiger partial charge < -0.3 is 10.0 Å². The number of rotatable bonds is 4. The van der Waals surface area contributed by atoms with Crippen LogP contribution in [0.2, 0.25) is 0 Å². The lowest BCUT2D eigenvalue weighted by molar-refractivity contribution is -0.135. The van der Waals surface area contributed by atoms with Gasteiger partial charge in [0.2, 0.25) is 5.91 Å². The number of hydrogen-bond acceptors (Lipinski definition) is 3. The van der Waals surface area contributed by atoms with Crippen molar-refractivity contribution < 1.29 is 18.7 Å². The summed E-state index contributed by atoms with van der Waals surface area (Å²) in [5.74, 6) is 0.0109. The van der Waals surface area contributed by atoms with Crippen LogP contribution < -0.4 is 0 Å². The van der Waals surface area contributed by atoms with Gasteiger partial charge in [-0.2, -0.15) is 13.9 Å². The molecule has 2 atom stereocenters. The molecule has 1 fully saturated rings. The molecule has 2 heterocycles. The van der Waals surface area contributed by atoms with Crippen LogP contribution in [-0.4, -0.2) is 44.9 Å². The summed E-state index contributed by atoms with van der Waals surface area (Å²) in [7, 11) is 0. The third kappa shape index (κ3) is 3.29. The first-order valence-electron chi connectivity index (χ1n) is 7.58. The molecular weight excluding hydrogens is 292 g/mol. The van der Waals surface area contributed by atoms with Gasteiger partial charge in [0.15, 0.2) is 0 Å². The van der Waals surface area contributed by atoms with E-state index in [9.17, 15) is 18.7 Å². The molecule has 124 valence electrons. The molecule has 1 aromatic heterocycles. The number of nitrogens with zero attached hydrogens (tertiary/aromatic N) is 3. The molecule has 0 saturated carbocycles. The van der Waals surface area contributed by atoms with Gasteiger partial charge in [-0.3, -0.25) is 4.79 Å². The van der Waals surface area contributed by atoms with Gasteiger partial charge in [-0.05, 0) is 39.5 Å². The number of aryl methyl sites for hydroxylation is 1. The van der Waals surface area contributed by atoms with Crippen LogP contribution in [0.5, 0.6) is 0 Å². The van der Waals surface area contributed by atoms with Crippen molar-refractivity contribution in [2.75, 3.05) is 13.2 Å². The average molecular weight is 315 g/mol. The maximum absolute atomic E-state index is 12.8. The van der Waals surface area contributed by atoms with Crippen molar-refractivity contribution in [1.29, 1.82) is 0 Å². The molecule has 1 aliphatic rings. The maximum atomic E-state index is 12.8. The van der Waals surface area contributed by atoms with E-state index in [1.165, 1.54) is 0 Å². The SMILES string of the molecule is Cc1nn(C(F)F)c(C)c1CC(=O)N1CC(CO)CCC1C. The van der Waals surface area contributed by atoms with E-state index in [0.29, 0.717) is 28.2 Å². The fourth-order valence-corrected chi connectivity index (χ4v) is 3.07. The van der Waals surface area contributed by atoms with Crippen molar-refractivity contribution in [2.24, 2.45) is 5.92 Å². The number of alkyl halides is 2. The quantitative estimate of drug-likeness (QED) is 0.925. The van der Waals surface area contributed by atoms with Crippen molar-refractivity contribution >= 4 is 5.91 Å². The summed E-state index contributed by atoms with van der Waals surface area (Å²) < 4.78 is 26.4.